The first-order valence-corrected chi connectivity index (χ1v) is 6.80. The molecule has 2 aliphatic rings. The van der Waals surface area contributed by atoms with Crippen molar-refractivity contribution in [2.75, 3.05) is 19.6 Å². The van der Waals surface area contributed by atoms with Gasteiger partial charge in [-0.05, 0) is 38.8 Å². The van der Waals surface area contributed by atoms with Crippen LogP contribution in [-0.4, -0.2) is 30.1 Å². The Hall–Kier alpha value is -0.0800. The fourth-order valence-electron chi connectivity index (χ4n) is 3.15. The van der Waals surface area contributed by atoms with Gasteiger partial charge in [0.15, 0.2) is 0 Å². The highest BCUT2D eigenvalue weighted by atomic mass is 15.1. The highest BCUT2D eigenvalue weighted by molar-refractivity contribution is 4.90. The number of hydrogen-bond acceptors (Lipinski definition) is 2. The molecule has 0 radical (unpaired) electrons. The van der Waals surface area contributed by atoms with Gasteiger partial charge in [-0.2, -0.15) is 0 Å². The van der Waals surface area contributed by atoms with Crippen molar-refractivity contribution in [3.05, 3.63) is 0 Å². The van der Waals surface area contributed by atoms with E-state index in [1.165, 1.54) is 70.9 Å². The molecule has 0 bridgehead atoms. The minimum absolute atomic E-state index is 0.155. The zero-order valence-electron chi connectivity index (χ0n) is 10.0. The lowest BCUT2D eigenvalue weighted by molar-refractivity contribution is 0.176. The summed E-state index contributed by atoms with van der Waals surface area (Å²) in [6.45, 7) is 3.74. The average molecular weight is 210 g/mol. The maximum atomic E-state index is 6.50. The van der Waals surface area contributed by atoms with Gasteiger partial charge in [0.05, 0.1) is 0 Å². The molecular weight excluding hydrogens is 184 g/mol. The van der Waals surface area contributed by atoms with Crippen LogP contribution in [0, 0.1) is 0 Å². The highest BCUT2D eigenvalue weighted by Gasteiger charge is 2.29. The van der Waals surface area contributed by atoms with Crippen LogP contribution in [0.1, 0.15) is 57.8 Å². The standard InChI is InChI=1S/C13H26N2/c14-13(8-4-3-5-9-13)12-15-10-6-1-2-7-11-15/h1-12,14H2. The van der Waals surface area contributed by atoms with Crippen molar-refractivity contribution in [3.63, 3.8) is 0 Å². The summed E-state index contributed by atoms with van der Waals surface area (Å²) in [5, 5.41) is 0. The van der Waals surface area contributed by atoms with Crippen molar-refractivity contribution in [2.24, 2.45) is 5.73 Å². The van der Waals surface area contributed by atoms with Gasteiger partial charge < -0.3 is 10.6 Å². The Morgan fingerprint density at radius 2 is 1.33 bits per heavy atom. The van der Waals surface area contributed by atoms with E-state index in [9.17, 15) is 0 Å². The maximum Gasteiger partial charge on any atom is 0.0283 e. The zero-order valence-corrected chi connectivity index (χ0v) is 10.0. The first kappa shape index (κ1) is 11.4. The van der Waals surface area contributed by atoms with E-state index >= 15 is 0 Å². The normalized spacial score (nSPS) is 28.6. The van der Waals surface area contributed by atoms with E-state index in [-0.39, 0.29) is 5.54 Å². The number of rotatable bonds is 2. The molecule has 1 aliphatic heterocycles. The van der Waals surface area contributed by atoms with E-state index in [0.29, 0.717) is 0 Å². The number of nitrogens with zero attached hydrogens (tertiary/aromatic N) is 1. The van der Waals surface area contributed by atoms with Crippen molar-refractivity contribution in [1.29, 1.82) is 0 Å². The third-order valence-corrected chi connectivity index (χ3v) is 4.09. The molecule has 15 heavy (non-hydrogen) atoms. The molecule has 88 valence electrons. The Labute approximate surface area is 94.2 Å². The third kappa shape index (κ3) is 3.46. The summed E-state index contributed by atoms with van der Waals surface area (Å²) in [4.78, 5) is 2.62. The van der Waals surface area contributed by atoms with Crippen molar-refractivity contribution in [2.45, 2.75) is 63.3 Å². The van der Waals surface area contributed by atoms with Crippen LogP contribution in [0.25, 0.3) is 0 Å². The molecule has 0 spiro atoms. The molecule has 2 fully saturated rings. The summed E-state index contributed by atoms with van der Waals surface area (Å²) in [6.07, 6.45) is 12.2. The fraction of sp³-hybridized carbons (Fsp3) is 1.00. The van der Waals surface area contributed by atoms with Crippen LogP contribution in [-0.2, 0) is 0 Å². The van der Waals surface area contributed by atoms with E-state index < -0.39 is 0 Å². The smallest absolute Gasteiger partial charge is 0.0283 e. The van der Waals surface area contributed by atoms with Gasteiger partial charge in [-0.3, -0.25) is 0 Å². The molecule has 1 heterocycles. The van der Waals surface area contributed by atoms with E-state index in [0.717, 1.165) is 6.54 Å². The van der Waals surface area contributed by atoms with Crippen LogP contribution in [0.4, 0.5) is 0 Å². The predicted molar refractivity (Wildman–Crippen MR) is 64.9 cm³/mol. The Kier molecular flexibility index (Phi) is 4.04. The lowest BCUT2D eigenvalue weighted by Gasteiger charge is -2.37. The van der Waals surface area contributed by atoms with Crippen LogP contribution < -0.4 is 5.73 Å². The summed E-state index contributed by atoms with van der Waals surface area (Å²) in [7, 11) is 0. The summed E-state index contributed by atoms with van der Waals surface area (Å²) >= 11 is 0. The Morgan fingerprint density at radius 1 is 0.800 bits per heavy atom. The molecule has 0 aromatic heterocycles. The van der Waals surface area contributed by atoms with Gasteiger partial charge in [-0.15, -0.1) is 0 Å². The summed E-state index contributed by atoms with van der Waals surface area (Å²) in [5.74, 6) is 0. The molecule has 1 aliphatic carbocycles. The zero-order chi connectivity index (χ0) is 10.6. The quantitative estimate of drug-likeness (QED) is 0.759. The second kappa shape index (κ2) is 5.31. The van der Waals surface area contributed by atoms with Crippen molar-refractivity contribution < 1.29 is 0 Å². The fourth-order valence-corrected chi connectivity index (χ4v) is 3.15. The van der Waals surface area contributed by atoms with Gasteiger partial charge in [0.25, 0.3) is 0 Å². The molecule has 1 saturated heterocycles. The molecule has 2 rings (SSSR count). The van der Waals surface area contributed by atoms with Gasteiger partial charge in [0.2, 0.25) is 0 Å². The molecule has 0 atom stereocenters. The number of nitrogens with two attached hydrogens (primary N) is 1. The monoisotopic (exact) mass is 210 g/mol. The second-order valence-electron chi connectivity index (χ2n) is 5.61. The average Bonchev–Trinajstić information content (AvgIpc) is 2.47. The van der Waals surface area contributed by atoms with Crippen molar-refractivity contribution >= 4 is 0 Å². The van der Waals surface area contributed by atoms with Crippen LogP contribution in [0.3, 0.4) is 0 Å². The van der Waals surface area contributed by atoms with E-state index in [4.69, 9.17) is 5.73 Å². The van der Waals surface area contributed by atoms with E-state index in [1.54, 1.807) is 0 Å². The maximum absolute atomic E-state index is 6.50. The van der Waals surface area contributed by atoms with Gasteiger partial charge in [0, 0.05) is 12.1 Å². The predicted octanol–water partition coefficient (Wildman–Crippen LogP) is 2.52. The Bertz CT molecular complexity index is 177. The largest absolute Gasteiger partial charge is 0.324 e. The molecule has 2 N–H and O–H groups in total. The topological polar surface area (TPSA) is 29.3 Å². The minimum Gasteiger partial charge on any atom is -0.324 e. The first-order chi connectivity index (χ1) is 7.29. The van der Waals surface area contributed by atoms with Crippen LogP contribution >= 0.6 is 0 Å². The minimum atomic E-state index is 0.155. The van der Waals surface area contributed by atoms with Crippen molar-refractivity contribution in [1.82, 2.24) is 4.90 Å². The first-order valence-electron chi connectivity index (χ1n) is 6.80. The van der Waals surface area contributed by atoms with Crippen LogP contribution in [0.2, 0.25) is 0 Å². The summed E-state index contributed by atoms with van der Waals surface area (Å²) in [5.41, 5.74) is 6.65. The highest BCUT2D eigenvalue weighted by Crippen LogP contribution is 2.27. The number of hydrogen-bond donors (Lipinski definition) is 1. The van der Waals surface area contributed by atoms with Crippen molar-refractivity contribution in [3.8, 4) is 0 Å². The molecule has 0 unspecified atom stereocenters. The molecule has 2 heteroatoms. The summed E-state index contributed by atoms with van der Waals surface area (Å²) < 4.78 is 0. The summed E-state index contributed by atoms with van der Waals surface area (Å²) in [6, 6.07) is 0. The lowest BCUT2D eigenvalue weighted by atomic mass is 9.82. The molecule has 0 aromatic rings. The van der Waals surface area contributed by atoms with Gasteiger partial charge in [0.1, 0.15) is 0 Å². The molecule has 0 aromatic carbocycles. The van der Waals surface area contributed by atoms with Gasteiger partial charge in [-0.1, -0.05) is 32.1 Å². The van der Waals surface area contributed by atoms with E-state index in [1.807, 2.05) is 0 Å². The van der Waals surface area contributed by atoms with E-state index in [2.05, 4.69) is 4.90 Å². The molecule has 1 saturated carbocycles. The second-order valence-corrected chi connectivity index (χ2v) is 5.61. The van der Waals surface area contributed by atoms with Gasteiger partial charge in [-0.25, -0.2) is 0 Å². The SMILES string of the molecule is NC1(CN2CCCCCC2)CCCCC1. The van der Waals surface area contributed by atoms with Gasteiger partial charge >= 0.3 is 0 Å². The van der Waals surface area contributed by atoms with Crippen LogP contribution in [0.15, 0.2) is 0 Å². The third-order valence-electron chi connectivity index (χ3n) is 4.09. The molecular formula is C13H26N2. The molecule has 0 amide bonds. The lowest BCUT2D eigenvalue weighted by Crippen LogP contribution is -2.51. The molecule has 2 nitrogen and oxygen atoms in total. The van der Waals surface area contributed by atoms with Crippen LogP contribution in [0.5, 0.6) is 0 Å². The number of likely N-dealkylation sites (tertiary alicyclic amines) is 1. The Balaban J connectivity index is 1.82. The Morgan fingerprint density at radius 3 is 1.93 bits per heavy atom.